The molecule has 2 unspecified atom stereocenters. The largest absolute Gasteiger partial charge is 0.495 e. The molecule has 1 fully saturated rings. The Morgan fingerprint density at radius 1 is 1.32 bits per heavy atom. The third kappa shape index (κ3) is 3.61. The van der Waals surface area contributed by atoms with Gasteiger partial charge in [-0.25, -0.2) is 0 Å². The summed E-state index contributed by atoms with van der Waals surface area (Å²) in [5.74, 6) is 0.959. The van der Waals surface area contributed by atoms with Crippen LogP contribution in [0.1, 0.15) is 6.92 Å². The molecule has 19 heavy (non-hydrogen) atoms. The first-order valence-electron chi connectivity index (χ1n) is 6.89. The molecule has 4 heteroatoms. The second-order valence-corrected chi connectivity index (χ2v) is 5.60. The SMILES string of the molecule is COc1ccccc1N1CC(C)NC(CN(C)C)C1. The minimum atomic E-state index is 0.489. The van der Waals surface area contributed by atoms with Gasteiger partial charge in [0.05, 0.1) is 12.8 Å². The molecule has 0 radical (unpaired) electrons. The Labute approximate surface area is 116 Å². The van der Waals surface area contributed by atoms with E-state index in [2.05, 4.69) is 48.3 Å². The zero-order valence-corrected chi connectivity index (χ0v) is 12.4. The van der Waals surface area contributed by atoms with E-state index >= 15 is 0 Å². The van der Waals surface area contributed by atoms with Gasteiger partial charge in [0, 0.05) is 31.7 Å². The highest BCUT2D eigenvalue weighted by molar-refractivity contribution is 5.59. The topological polar surface area (TPSA) is 27.7 Å². The summed E-state index contributed by atoms with van der Waals surface area (Å²) >= 11 is 0. The number of nitrogens with zero attached hydrogens (tertiary/aromatic N) is 2. The Morgan fingerprint density at radius 2 is 2.05 bits per heavy atom. The summed E-state index contributed by atoms with van der Waals surface area (Å²) in [7, 11) is 5.98. The maximum atomic E-state index is 5.48. The fourth-order valence-electron chi connectivity index (χ4n) is 2.82. The first kappa shape index (κ1) is 14.2. The molecule has 0 spiro atoms. The first-order chi connectivity index (χ1) is 9.10. The normalized spacial score (nSPS) is 23.7. The van der Waals surface area contributed by atoms with Crippen LogP contribution in [0.2, 0.25) is 0 Å². The van der Waals surface area contributed by atoms with Crippen molar-refractivity contribution >= 4 is 5.69 Å². The van der Waals surface area contributed by atoms with Crippen molar-refractivity contribution < 1.29 is 4.74 Å². The summed E-state index contributed by atoms with van der Waals surface area (Å²) in [5, 5.41) is 3.66. The second kappa shape index (κ2) is 6.26. The molecule has 0 aliphatic carbocycles. The van der Waals surface area contributed by atoms with Gasteiger partial charge >= 0.3 is 0 Å². The summed E-state index contributed by atoms with van der Waals surface area (Å²) in [6, 6.07) is 9.25. The van der Waals surface area contributed by atoms with E-state index in [9.17, 15) is 0 Å². The maximum Gasteiger partial charge on any atom is 0.142 e. The molecule has 2 atom stereocenters. The predicted octanol–water partition coefficient (Wildman–Crippen LogP) is 1.42. The van der Waals surface area contributed by atoms with Gasteiger partial charge in [-0.15, -0.1) is 0 Å². The van der Waals surface area contributed by atoms with E-state index in [0.717, 1.165) is 25.4 Å². The van der Waals surface area contributed by atoms with Gasteiger partial charge < -0.3 is 19.9 Å². The number of ether oxygens (including phenoxy) is 1. The molecule has 0 aromatic heterocycles. The van der Waals surface area contributed by atoms with E-state index in [-0.39, 0.29) is 0 Å². The van der Waals surface area contributed by atoms with Crippen molar-refractivity contribution in [3.8, 4) is 5.75 Å². The molecular formula is C15H25N3O. The summed E-state index contributed by atoms with van der Waals surface area (Å²) in [6.07, 6.45) is 0. The van der Waals surface area contributed by atoms with Gasteiger partial charge in [0.15, 0.2) is 0 Å². The van der Waals surface area contributed by atoms with E-state index < -0.39 is 0 Å². The molecule has 1 aromatic rings. The molecule has 106 valence electrons. The number of nitrogens with one attached hydrogen (secondary N) is 1. The van der Waals surface area contributed by atoms with E-state index in [1.54, 1.807) is 7.11 Å². The Bertz CT molecular complexity index is 406. The minimum absolute atomic E-state index is 0.489. The highest BCUT2D eigenvalue weighted by atomic mass is 16.5. The van der Waals surface area contributed by atoms with Crippen molar-refractivity contribution in [2.75, 3.05) is 45.7 Å². The van der Waals surface area contributed by atoms with Gasteiger partial charge in [-0.2, -0.15) is 0 Å². The van der Waals surface area contributed by atoms with Crippen molar-refractivity contribution in [1.29, 1.82) is 0 Å². The van der Waals surface area contributed by atoms with Crippen LogP contribution in [0.15, 0.2) is 24.3 Å². The van der Waals surface area contributed by atoms with E-state index in [0.29, 0.717) is 12.1 Å². The monoisotopic (exact) mass is 263 g/mol. The van der Waals surface area contributed by atoms with E-state index in [1.807, 2.05) is 12.1 Å². The number of methoxy groups -OCH3 is 1. The number of likely N-dealkylation sites (N-methyl/N-ethyl adjacent to an activating group) is 1. The van der Waals surface area contributed by atoms with Crippen molar-refractivity contribution in [2.45, 2.75) is 19.0 Å². The number of piperazine rings is 1. The van der Waals surface area contributed by atoms with Crippen LogP contribution in [-0.2, 0) is 0 Å². The lowest BCUT2D eigenvalue weighted by Crippen LogP contribution is -2.58. The Kier molecular flexibility index (Phi) is 4.66. The number of para-hydroxylation sites is 2. The highest BCUT2D eigenvalue weighted by Crippen LogP contribution is 2.28. The molecule has 1 aliphatic rings. The maximum absolute atomic E-state index is 5.48. The van der Waals surface area contributed by atoms with Crippen molar-refractivity contribution in [3.63, 3.8) is 0 Å². The Balaban J connectivity index is 2.14. The predicted molar refractivity (Wildman–Crippen MR) is 80.1 cm³/mol. The fourth-order valence-corrected chi connectivity index (χ4v) is 2.82. The van der Waals surface area contributed by atoms with Gasteiger partial charge in [-0.05, 0) is 33.2 Å². The summed E-state index contributed by atoms with van der Waals surface area (Å²) < 4.78 is 5.48. The quantitative estimate of drug-likeness (QED) is 0.889. The molecule has 1 heterocycles. The van der Waals surface area contributed by atoms with Crippen molar-refractivity contribution in [2.24, 2.45) is 0 Å². The van der Waals surface area contributed by atoms with Gasteiger partial charge in [0.25, 0.3) is 0 Å². The van der Waals surface area contributed by atoms with Crippen LogP contribution in [0.4, 0.5) is 5.69 Å². The number of anilines is 1. The number of benzene rings is 1. The molecule has 2 rings (SSSR count). The van der Waals surface area contributed by atoms with Crippen LogP contribution in [0.25, 0.3) is 0 Å². The van der Waals surface area contributed by atoms with E-state index in [1.165, 1.54) is 5.69 Å². The summed E-state index contributed by atoms with van der Waals surface area (Å²) in [6.45, 7) is 5.33. The average Bonchev–Trinajstić information content (AvgIpc) is 2.37. The fraction of sp³-hybridized carbons (Fsp3) is 0.600. The Morgan fingerprint density at radius 3 is 2.74 bits per heavy atom. The molecule has 4 nitrogen and oxygen atoms in total. The lowest BCUT2D eigenvalue weighted by molar-refractivity contribution is 0.296. The van der Waals surface area contributed by atoms with Gasteiger partial charge in [0.2, 0.25) is 0 Å². The molecule has 1 N–H and O–H groups in total. The van der Waals surface area contributed by atoms with Crippen LogP contribution in [0.3, 0.4) is 0 Å². The molecule has 0 saturated carbocycles. The lowest BCUT2D eigenvalue weighted by atomic mass is 10.1. The minimum Gasteiger partial charge on any atom is -0.495 e. The van der Waals surface area contributed by atoms with Crippen molar-refractivity contribution in [3.05, 3.63) is 24.3 Å². The van der Waals surface area contributed by atoms with Gasteiger partial charge in [0.1, 0.15) is 5.75 Å². The summed E-state index contributed by atoms with van der Waals surface area (Å²) in [5.41, 5.74) is 1.20. The van der Waals surface area contributed by atoms with Crippen LogP contribution in [0, 0.1) is 0 Å². The summed E-state index contributed by atoms with van der Waals surface area (Å²) in [4.78, 5) is 4.66. The van der Waals surface area contributed by atoms with E-state index in [4.69, 9.17) is 4.74 Å². The van der Waals surface area contributed by atoms with Gasteiger partial charge in [-0.1, -0.05) is 12.1 Å². The smallest absolute Gasteiger partial charge is 0.142 e. The zero-order chi connectivity index (χ0) is 13.8. The standard InChI is InChI=1S/C15H25N3O/c1-12-9-18(11-13(16-12)10-17(2)3)14-7-5-6-8-15(14)19-4/h5-8,12-13,16H,9-11H2,1-4H3. The number of rotatable bonds is 4. The van der Waals surface area contributed by atoms with Crippen LogP contribution in [0.5, 0.6) is 5.75 Å². The number of hydrogen-bond donors (Lipinski definition) is 1. The molecule has 1 aromatic carbocycles. The van der Waals surface area contributed by atoms with Crippen LogP contribution in [-0.4, -0.2) is 57.8 Å². The van der Waals surface area contributed by atoms with Crippen LogP contribution >= 0.6 is 0 Å². The van der Waals surface area contributed by atoms with Crippen LogP contribution < -0.4 is 15.0 Å². The Hall–Kier alpha value is -1.26. The third-order valence-corrected chi connectivity index (χ3v) is 3.47. The average molecular weight is 263 g/mol. The molecule has 1 saturated heterocycles. The number of hydrogen-bond acceptors (Lipinski definition) is 4. The second-order valence-electron chi connectivity index (χ2n) is 5.60. The molecule has 1 aliphatic heterocycles. The van der Waals surface area contributed by atoms with Crippen molar-refractivity contribution in [1.82, 2.24) is 10.2 Å². The first-order valence-corrected chi connectivity index (χ1v) is 6.89. The molecule has 0 bridgehead atoms. The molecule has 0 amide bonds. The third-order valence-electron chi connectivity index (χ3n) is 3.47. The molecular weight excluding hydrogens is 238 g/mol. The zero-order valence-electron chi connectivity index (χ0n) is 12.4. The van der Waals surface area contributed by atoms with Gasteiger partial charge in [-0.3, -0.25) is 0 Å². The lowest BCUT2D eigenvalue weighted by Gasteiger charge is -2.40. The highest BCUT2D eigenvalue weighted by Gasteiger charge is 2.25.